The van der Waals surface area contributed by atoms with E-state index in [1.807, 2.05) is 0 Å². The quantitative estimate of drug-likeness (QED) is 0.744. The summed E-state index contributed by atoms with van der Waals surface area (Å²) in [4.78, 5) is 0. The Hall–Kier alpha value is -0.0800. The summed E-state index contributed by atoms with van der Waals surface area (Å²) in [6.45, 7) is 0. The lowest BCUT2D eigenvalue weighted by atomic mass is 10.2. The van der Waals surface area contributed by atoms with Crippen LogP contribution in [0.3, 0.4) is 0 Å². The average Bonchev–Trinajstić information content (AvgIpc) is 3.26. The van der Waals surface area contributed by atoms with Gasteiger partial charge in [-0.2, -0.15) is 0 Å². The Balaban J connectivity index is 2.14. The lowest BCUT2D eigenvalue weighted by Crippen LogP contribution is -2.08. The molecule has 2 fully saturated rings. The highest BCUT2D eigenvalue weighted by Crippen LogP contribution is 2.21. The topological polar surface area (TPSA) is 0 Å². The number of rotatable bonds is 4. The molecule has 2 aliphatic rings. The first kappa shape index (κ1) is 6.58. The molecular formula is C16H24S2+2. The Morgan fingerprint density at radius 3 is 1.44 bits per heavy atom. The van der Waals surface area contributed by atoms with Gasteiger partial charge in [0.1, 0.15) is 34.4 Å². The average molecular weight is 289 g/mol. The van der Waals surface area contributed by atoms with Gasteiger partial charge in [-0.3, -0.25) is 0 Å². The second-order valence-electron chi connectivity index (χ2n) is 4.67. The predicted molar refractivity (Wildman–Crippen MR) is 86.5 cm³/mol. The summed E-state index contributed by atoms with van der Waals surface area (Å²) in [5.74, 6) is 2.83. The summed E-state index contributed by atoms with van der Waals surface area (Å²) in [5.41, 5.74) is -4.19. The molecule has 0 aromatic heterocycles. The summed E-state index contributed by atoms with van der Waals surface area (Å²) in [5, 5.41) is 0. The third kappa shape index (κ3) is 3.48. The lowest BCUT2D eigenvalue weighted by Gasteiger charge is -2.04. The zero-order chi connectivity index (χ0) is 19.3. The van der Waals surface area contributed by atoms with Gasteiger partial charge in [0.15, 0.2) is 0 Å². The van der Waals surface area contributed by atoms with Crippen molar-refractivity contribution in [2.45, 2.75) is 37.1 Å². The van der Waals surface area contributed by atoms with Crippen LogP contribution in [-0.2, 0) is 33.2 Å². The largest absolute Gasteiger partial charge is 0.133 e. The molecule has 0 radical (unpaired) electrons. The highest BCUT2D eigenvalue weighted by atomic mass is 32.2. The molecule has 98 valence electrons. The smallest absolute Gasteiger partial charge is 0.0539 e. The minimum atomic E-state index is -1.91. The van der Waals surface area contributed by atoms with Gasteiger partial charge in [0.2, 0.25) is 0 Å². The van der Waals surface area contributed by atoms with Gasteiger partial charge >= 0.3 is 0 Å². The van der Waals surface area contributed by atoms with Gasteiger partial charge in [-0.1, -0.05) is 24.2 Å². The van der Waals surface area contributed by atoms with E-state index in [9.17, 15) is 0 Å². The van der Waals surface area contributed by atoms with Crippen LogP contribution in [0, 0.1) is 0 Å². The Morgan fingerprint density at radius 2 is 1.11 bits per heavy atom. The molecule has 0 amide bonds. The van der Waals surface area contributed by atoms with Crippen molar-refractivity contribution in [2.24, 2.45) is 0 Å². The summed E-state index contributed by atoms with van der Waals surface area (Å²) in [6.07, 6.45) is 3.70. The van der Waals surface area contributed by atoms with Gasteiger partial charge in [-0.15, -0.1) is 0 Å². The molecule has 2 saturated heterocycles. The second-order valence-corrected chi connectivity index (χ2v) is 8.68. The van der Waals surface area contributed by atoms with Gasteiger partial charge in [-0.05, 0) is 47.5 Å². The van der Waals surface area contributed by atoms with E-state index in [0.29, 0.717) is 23.0 Å². The monoisotopic (exact) mass is 288 g/mol. The zero-order valence-corrected chi connectivity index (χ0v) is 12.1. The number of benzene rings is 1. The Morgan fingerprint density at radius 1 is 0.778 bits per heavy atom. The summed E-state index contributed by atoms with van der Waals surface area (Å²) in [7, 11) is -1.24. The van der Waals surface area contributed by atoms with Crippen molar-refractivity contribution >= 4 is 21.8 Å². The highest BCUT2D eigenvalue weighted by molar-refractivity contribution is 7.96. The van der Waals surface area contributed by atoms with Crippen LogP contribution in [-0.4, -0.2) is 23.0 Å². The van der Waals surface area contributed by atoms with Crippen molar-refractivity contribution in [3.8, 4) is 0 Å². The van der Waals surface area contributed by atoms with Crippen LogP contribution in [0.5, 0.6) is 0 Å². The van der Waals surface area contributed by atoms with Crippen LogP contribution < -0.4 is 0 Å². The van der Waals surface area contributed by atoms with Crippen LogP contribution in [0.15, 0.2) is 24.2 Å². The highest BCUT2D eigenvalue weighted by Gasteiger charge is 2.25. The fourth-order valence-corrected chi connectivity index (χ4v) is 6.02. The molecule has 3 rings (SSSR count). The van der Waals surface area contributed by atoms with Gasteiger partial charge < -0.3 is 0 Å². The van der Waals surface area contributed by atoms with Crippen molar-refractivity contribution in [3.63, 3.8) is 0 Å². The van der Waals surface area contributed by atoms with E-state index in [4.69, 9.17) is 11.0 Å². The first-order valence-electron chi connectivity index (χ1n) is 10.6. The SMILES string of the molecule is [2H]c1c([2H])c(C([2H])([2H])[S+]2CCCC2)c([2H])c([2H])c1C([2H])([2H])[S+]1CCCC1. The molecule has 0 N–H and O–H groups in total. The maximum absolute atomic E-state index is 8.51. The summed E-state index contributed by atoms with van der Waals surface area (Å²) in [6, 6.07) is -1.62. The standard InChI is InChI=1S/C16H24S2/c1-2-10-17(9-1)13-15-5-7-16(8-6-15)14-18-11-3-4-12-18/h5-8H,1-4,9-14H2/q+2/i5D,6D,7D,8D,13D2,14D2. The van der Waals surface area contributed by atoms with Gasteiger partial charge in [-0.25, -0.2) is 0 Å². The zero-order valence-electron chi connectivity index (χ0n) is 18.5. The molecule has 0 saturated carbocycles. The van der Waals surface area contributed by atoms with E-state index in [1.54, 1.807) is 0 Å². The predicted octanol–water partition coefficient (Wildman–Crippen LogP) is 3.51. The molecule has 0 nitrogen and oxygen atoms in total. The van der Waals surface area contributed by atoms with E-state index in [1.165, 1.54) is 0 Å². The van der Waals surface area contributed by atoms with Gasteiger partial charge in [0.05, 0.1) is 11.0 Å². The Labute approximate surface area is 128 Å². The summed E-state index contributed by atoms with van der Waals surface area (Å²) < 4.78 is 67.5. The maximum atomic E-state index is 8.51. The van der Waals surface area contributed by atoms with Crippen LogP contribution >= 0.6 is 0 Å². The third-order valence-corrected chi connectivity index (χ3v) is 7.29. The van der Waals surface area contributed by atoms with Crippen molar-refractivity contribution < 1.29 is 11.0 Å². The van der Waals surface area contributed by atoms with Crippen molar-refractivity contribution in [2.75, 3.05) is 23.0 Å². The van der Waals surface area contributed by atoms with Crippen molar-refractivity contribution in [1.82, 2.24) is 0 Å². The number of hydrogen-bond acceptors (Lipinski definition) is 0. The summed E-state index contributed by atoms with van der Waals surface area (Å²) >= 11 is 0. The van der Waals surface area contributed by atoms with Gasteiger partial charge in [0.25, 0.3) is 0 Å². The molecule has 1 aromatic carbocycles. The first-order valence-corrected chi connectivity index (χ1v) is 9.69. The number of hydrogen-bond donors (Lipinski definition) is 0. The van der Waals surface area contributed by atoms with Crippen LogP contribution in [0.2, 0.25) is 0 Å². The molecule has 0 bridgehead atoms. The van der Waals surface area contributed by atoms with E-state index >= 15 is 0 Å². The van der Waals surface area contributed by atoms with Crippen LogP contribution in [0.4, 0.5) is 0 Å². The molecule has 2 heterocycles. The molecule has 0 aliphatic carbocycles. The molecule has 0 spiro atoms. The minimum absolute atomic E-state index is 0.188. The first-order chi connectivity index (χ1) is 12.1. The second kappa shape index (κ2) is 6.38. The Kier molecular flexibility index (Phi) is 2.33. The molecule has 2 heteroatoms. The Bertz CT molecular complexity index is 606. The van der Waals surface area contributed by atoms with Gasteiger partial charge in [0, 0.05) is 11.1 Å². The fraction of sp³-hybridized carbons (Fsp3) is 0.625. The minimum Gasteiger partial charge on any atom is -0.0539 e. The van der Waals surface area contributed by atoms with Crippen LogP contribution in [0.25, 0.3) is 0 Å². The molecule has 0 atom stereocenters. The van der Waals surface area contributed by atoms with E-state index in [0.717, 1.165) is 25.7 Å². The third-order valence-electron chi connectivity index (χ3n) is 3.18. The van der Waals surface area contributed by atoms with Crippen LogP contribution in [0.1, 0.15) is 47.8 Å². The maximum Gasteiger partial charge on any atom is 0.133 e. The fourth-order valence-electron chi connectivity index (χ4n) is 2.22. The van der Waals surface area contributed by atoms with E-state index in [2.05, 4.69) is 0 Å². The normalized spacial score (nSPS) is 29.8. The lowest BCUT2D eigenvalue weighted by molar-refractivity contribution is 0.949. The van der Waals surface area contributed by atoms with Crippen molar-refractivity contribution in [1.29, 1.82) is 0 Å². The van der Waals surface area contributed by atoms with E-state index in [-0.39, 0.29) is 11.1 Å². The van der Waals surface area contributed by atoms with E-state index < -0.39 is 57.4 Å². The molecule has 2 aliphatic heterocycles. The molecule has 18 heavy (non-hydrogen) atoms. The molecular weight excluding hydrogens is 256 g/mol. The van der Waals surface area contributed by atoms with Crippen molar-refractivity contribution in [3.05, 3.63) is 35.3 Å². The molecule has 0 unspecified atom stereocenters. The molecule has 1 aromatic rings.